The highest BCUT2D eigenvalue weighted by Gasteiger charge is 2.66. The number of hydrogen-bond acceptors (Lipinski definition) is 2. The van der Waals surface area contributed by atoms with E-state index < -0.39 is 16.8 Å². The standard InChI is InChI=1S/C15H17Cl2NO3/c1-8-7-14(2,15(8,3)13(20)21)12(19)18-11-5-9(16)4-10(17)6-11/h4-6,8H,7H2,1-3H3,(H,18,19)(H,20,21). The van der Waals surface area contributed by atoms with Crippen molar-refractivity contribution < 1.29 is 14.7 Å². The normalized spacial score (nSPS) is 31.4. The van der Waals surface area contributed by atoms with E-state index in [1.54, 1.807) is 32.0 Å². The third-order valence-electron chi connectivity index (χ3n) is 4.91. The molecule has 1 aromatic rings. The molecule has 0 saturated heterocycles. The van der Waals surface area contributed by atoms with E-state index in [1.165, 1.54) is 0 Å². The molecule has 2 N–H and O–H groups in total. The van der Waals surface area contributed by atoms with Crippen LogP contribution in [0.2, 0.25) is 10.0 Å². The molecule has 0 heterocycles. The lowest BCUT2D eigenvalue weighted by Crippen LogP contribution is -2.63. The van der Waals surface area contributed by atoms with Crippen LogP contribution >= 0.6 is 23.2 Å². The van der Waals surface area contributed by atoms with Gasteiger partial charge in [0.25, 0.3) is 0 Å². The SMILES string of the molecule is CC1CC(C)(C(=O)Nc2cc(Cl)cc(Cl)c2)C1(C)C(=O)O. The number of anilines is 1. The fourth-order valence-corrected chi connectivity index (χ4v) is 3.64. The van der Waals surface area contributed by atoms with Gasteiger partial charge in [-0.3, -0.25) is 9.59 Å². The molecule has 1 fully saturated rings. The highest BCUT2D eigenvalue weighted by molar-refractivity contribution is 6.35. The average molecular weight is 330 g/mol. The quantitative estimate of drug-likeness (QED) is 0.878. The first-order chi connectivity index (χ1) is 9.61. The van der Waals surface area contributed by atoms with Crippen molar-refractivity contribution in [2.75, 3.05) is 5.32 Å². The molecule has 0 radical (unpaired) electrons. The van der Waals surface area contributed by atoms with Crippen LogP contribution in [-0.4, -0.2) is 17.0 Å². The Bertz CT molecular complexity index is 599. The summed E-state index contributed by atoms with van der Waals surface area (Å²) in [4.78, 5) is 24.1. The largest absolute Gasteiger partial charge is 0.481 e. The molecule has 4 nitrogen and oxygen atoms in total. The maximum absolute atomic E-state index is 12.5. The molecule has 1 amide bonds. The Kier molecular flexibility index (Phi) is 3.98. The number of aliphatic carboxylic acids is 1. The number of carbonyl (C=O) groups is 2. The van der Waals surface area contributed by atoms with E-state index in [4.69, 9.17) is 23.2 Å². The zero-order valence-corrected chi connectivity index (χ0v) is 13.5. The molecule has 0 aliphatic heterocycles. The van der Waals surface area contributed by atoms with Gasteiger partial charge in [-0.15, -0.1) is 0 Å². The van der Waals surface area contributed by atoms with Gasteiger partial charge >= 0.3 is 5.97 Å². The van der Waals surface area contributed by atoms with Crippen molar-refractivity contribution in [3.8, 4) is 0 Å². The van der Waals surface area contributed by atoms with Gasteiger partial charge in [0.05, 0.1) is 10.8 Å². The number of halogens is 2. The van der Waals surface area contributed by atoms with Gasteiger partial charge in [-0.2, -0.15) is 0 Å². The zero-order chi connectivity index (χ0) is 16.0. The van der Waals surface area contributed by atoms with E-state index in [1.807, 2.05) is 6.92 Å². The van der Waals surface area contributed by atoms with Gasteiger partial charge in [-0.1, -0.05) is 30.1 Å². The first-order valence-corrected chi connectivity index (χ1v) is 7.38. The maximum Gasteiger partial charge on any atom is 0.310 e. The predicted octanol–water partition coefficient (Wildman–Crippen LogP) is 4.07. The Morgan fingerprint density at radius 2 is 1.76 bits per heavy atom. The van der Waals surface area contributed by atoms with Crippen LogP contribution in [0.1, 0.15) is 27.2 Å². The van der Waals surface area contributed by atoms with Crippen LogP contribution in [0.15, 0.2) is 18.2 Å². The van der Waals surface area contributed by atoms with Crippen molar-refractivity contribution in [2.24, 2.45) is 16.7 Å². The minimum atomic E-state index is -1.08. The summed E-state index contributed by atoms with van der Waals surface area (Å²) in [6, 6.07) is 4.72. The third kappa shape index (κ3) is 2.40. The number of nitrogens with one attached hydrogen (secondary N) is 1. The second kappa shape index (κ2) is 5.18. The Labute approximate surface area is 133 Å². The van der Waals surface area contributed by atoms with Crippen LogP contribution in [-0.2, 0) is 9.59 Å². The van der Waals surface area contributed by atoms with Gasteiger partial charge in [0.1, 0.15) is 0 Å². The topological polar surface area (TPSA) is 66.4 Å². The predicted molar refractivity (Wildman–Crippen MR) is 82.7 cm³/mol. The Morgan fingerprint density at radius 1 is 1.24 bits per heavy atom. The molecule has 0 bridgehead atoms. The third-order valence-corrected chi connectivity index (χ3v) is 5.35. The van der Waals surface area contributed by atoms with Crippen molar-refractivity contribution in [3.05, 3.63) is 28.2 Å². The number of carboxylic acid groups (broad SMARTS) is 1. The van der Waals surface area contributed by atoms with Crippen molar-refractivity contribution in [2.45, 2.75) is 27.2 Å². The Morgan fingerprint density at radius 3 is 2.19 bits per heavy atom. The van der Waals surface area contributed by atoms with Crippen LogP contribution in [0.3, 0.4) is 0 Å². The maximum atomic E-state index is 12.5. The van der Waals surface area contributed by atoms with Gasteiger partial charge in [0.15, 0.2) is 0 Å². The molecular weight excluding hydrogens is 313 g/mol. The van der Waals surface area contributed by atoms with Gasteiger partial charge in [0.2, 0.25) is 5.91 Å². The molecule has 2 rings (SSSR count). The van der Waals surface area contributed by atoms with Gasteiger partial charge in [0, 0.05) is 15.7 Å². The molecule has 1 aromatic carbocycles. The molecule has 3 unspecified atom stereocenters. The zero-order valence-electron chi connectivity index (χ0n) is 12.0. The van der Waals surface area contributed by atoms with E-state index in [-0.39, 0.29) is 11.8 Å². The summed E-state index contributed by atoms with van der Waals surface area (Å²) in [5.74, 6) is -1.35. The molecule has 0 spiro atoms. The lowest BCUT2D eigenvalue weighted by molar-refractivity contribution is -0.187. The first kappa shape index (κ1) is 16.1. The number of carbonyl (C=O) groups excluding carboxylic acids is 1. The molecule has 1 aliphatic rings. The van der Waals surface area contributed by atoms with Crippen molar-refractivity contribution in [1.82, 2.24) is 0 Å². The Balaban J connectivity index is 2.26. The first-order valence-electron chi connectivity index (χ1n) is 6.62. The van der Waals surface area contributed by atoms with Crippen LogP contribution in [0, 0.1) is 16.7 Å². The monoisotopic (exact) mass is 329 g/mol. The molecule has 3 atom stereocenters. The molecule has 1 aliphatic carbocycles. The van der Waals surface area contributed by atoms with Crippen LogP contribution in [0.4, 0.5) is 5.69 Å². The summed E-state index contributed by atoms with van der Waals surface area (Å²) in [6.07, 6.45) is 0.524. The molecular formula is C15H17Cl2NO3. The summed E-state index contributed by atoms with van der Waals surface area (Å²) in [7, 11) is 0. The van der Waals surface area contributed by atoms with Crippen LogP contribution < -0.4 is 5.32 Å². The lowest BCUT2D eigenvalue weighted by Gasteiger charge is -2.56. The molecule has 21 heavy (non-hydrogen) atoms. The summed E-state index contributed by atoms with van der Waals surface area (Å²) >= 11 is 11.8. The minimum absolute atomic E-state index is 0.0614. The van der Waals surface area contributed by atoms with Gasteiger partial charge < -0.3 is 10.4 Å². The van der Waals surface area contributed by atoms with Crippen molar-refractivity contribution in [1.29, 1.82) is 0 Å². The number of amides is 1. The fraction of sp³-hybridized carbons (Fsp3) is 0.467. The summed E-state index contributed by atoms with van der Waals surface area (Å²) in [6.45, 7) is 5.15. The highest BCUT2D eigenvalue weighted by Crippen LogP contribution is 2.61. The summed E-state index contributed by atoms with van der Waals surface area (Å²) in [5, 5.41) is 13.0. The minimum Gasteiger partial charge on any atom is -0.481 e. The molecule has 6 heteroatoms. The van der Waals surface area contributed by atoms with Gasteiger partial charge in [-0.05, 0) is 44.4 Å². The number of hydrogen-bond donors (Lipinski definition) is 2. The van der Waals surface area contributed by atoms with Crippen molar-refractivity contribution in [3.63, 3.8) is 0 Å². The molecule has 0 aromatic heterocycles. The Hall–Kier alpha value is -1.26. The number of benzene rings is 1. The summed E-state index contributed by atoms with van der Waals surface area (Å²) in [5.41, 5.74) is -1.59. The summed E-state index contributed by atoms with van der Waals surface area (Å²) < 4.78 is 0. The highest BCUT2D eigenvalue weighted by atomic mass is 35.5. The van der Waals surface area contributed by atoms with E-state index in [9.17, 15) is 14.7 Å². The van der Waals surface area contributed by atoms with Crippen LogP contribution in [0.5, 0.6) is 0 Å². The van der Waals surface area contributed by atoms with E-state index in [2.05, 4.69) is 5.32 Å². The van der Waals surface area contributed by atoms with E-state index in [0.29, 0.717) is 22.2 Å². The van der Waals surface area contributed by atoms with Crippen molar-refractivity contribution >= 4 is 40.8 Å². The van der Waals surface area contributed by atoms with E-state index in [0.717, 1.165) is 0 Å². The molecule has 114 valence electrons. The average Bonchev–Trinajstić information content (AvgIpc) is 2.35. The number of carboxylic acids is 1. The lowest BCUT2D eigenvalue weighted by atomic mass is 9.45. The fourth-order valence-electron chi connectivity index (χ4n) is 3.11. The number of rotatable bonds is 3. The second-order valence-electron chi connectivity index (χ2n) is 6.06. The van der Waals surface area contributed by atoms with Gasteiger partial charge in [-0.25, -0.2) is 0 Å². The van der Waals surface area contributed by atoms with E-state index >= 15 is 0 Å². The smallest absolute Gasteiger partial charge is 0.310 e. The molecule has 1 saturated carbocycles. The second-order valence-corrected chi connectivity index (χ2v) is 6.93. The van der Waals surface area contributed by atoms with Crippen LogP contribution in [0.25, 0.3) is 0 Å².